The number of hydrogen-bond acceptors (Lipinski definition) is 3. The molecular weight excluding hydrogens is 484 g/mol. The van der Waals surface area contributed by atoms with E-state index in [1.807, 2.05) is 76.2 Å². The SMILES string of the molecule is Cc1cccc(CN(C(=O)CCCOc2ccc(Cl)cc2)C(Cc2ccccc2)C(=O)NC(C)(C)C)c1. The van der Waals surface area contributed by atoms with Gasteiger partial charge in [0.25, 0.3) is 0 Å². The van der Waals surface area contributed by atoms with Crippen LogP contribution in [0.2, 0.25) is 5.02 Å². The van der Waals surface area contributed by atoms with E-state index in [4.69, 9.17) is 16.3 Å². The van der Waals surface area contributed by atoms with Gasteiger partial charge in [0.1, 0.15) is 11.8 Å². The second-order valence-corrected chi connectivity index (χ2v) is 10.8. The molecule has 0 fully saturated rings. The van der Waals surface area contributed by atoms with Gasteiger partial charge in [-0.1, -0.05) is 71.8 Å². The highest BCUT2D eigenvalue weighted by Crippen LogP contribution is 2.19. The fourth-order valence-electron chi connectivity index (χ4n) is 4.10. The number of nitrogens with zero attached hydrogens (tertiary/aromatic N) is 1. The number of amides is 2. The maximum absolute atomic E-state index is 13.7. The van der Waals surface area contributed by atoms with E-state index in [1.54, 1.807) is 29.2 Å². The standard InChI is InChI=1S/C31H37ClN2O3/c1-23-10-8-13-25(20-23)22-34(29(35)14-9-19-37-27-17-15-26(32)16-18-27)28(30(36)33-31(2,3)4)21-24-11-6-5-7-12-24/h5-8,10-13,15-18,20,28H,9,14,19,21-22H2,1-4H3,(H,33,36). The topological polar surface area (TPSA) is 58.6 Å². The first kappa shape index (κ1) is 28.3. The number of carbonyl (C=O) groups is 2. The minimum absolute atomic E-state index is 0.0776. The summed E-state index contributed by atoms with van der Waals surface area (Å²) in [7, 11) is 0. The van der Waals surface area contributed by atoms with Gasteiger partial charge in [-0.15, -0.1) is 0 Å². The molecule has 0 aliphatic rings. The van der Waals surface area contributed by atoms with Crippen LogP contribution in [0.1, 0.15) is 50.3 Å². The Morgan fingerprint density at radius 1 is 0.946 bits per heavy atom. The fourth-order valence-corrected chi connectivity index (χ4v) is 4.23. The third-order valence-corrected chi connectivity index (χ3v) is 6.07. The van der Waals surface area contributed by atoms with Crippen molar-refractivity contribution in [3.8, 4) is 5.75 Å². The van der Waals surface area contributed by atoms with E-state index in [1.165, 1.54) is 0 Å². The molecule has 3 aromatic carbocycles. The molecule has 3 aromatic rings. The van der Waals surface area contributed by atoms with Crippen LogP contribution in [0.5, 0.6) is 5.75 Å². The molecule has 0 aliphatic heterocycles. The molecule has 5 nitrogen and oxygen atoms in total. The first-order valence-corrected chi connectivity index (χ1v) is 13.1. The van der Waals surface area contributed by atoms with Crippen molar-refractivity contribution in [1.82, 2.24) is 10.2 Å². The molecule has 0 radical (unpaired) electrons. The highest BCUT2D eigenvalue weighted by molar-refractivity contribution is 6.30. The Morgan fingerprint density at radius 3 is 2.27 bits per heavy atom. The second-order valence-electron chi connectivity index (χ2n) is 10.4. The maximum Gasteiger partial charge on any atom is 0.243 e. The van der Waals surface area contributed by atoms with Crippen LogP contribution in [0.3, 0.4) is 0 Å². The van der Waals surface area contributed by atoms with Crippen molar-refractivity contribution < 1.29 is 14.3 Å². The minimum atomic E-state index is -0.646. The van der Waals surface area contributed by atoms with Crippen LogP contribution < -0.4 is 10.1 Å². The zero-order valence-corrected chi connectivity index (χ0v) is 22.9. The quantitative estimate of drug-likeness (QED) is 0.299. The molecule has 0 heterocycles. The largest absolute Gasteiger partial charge is 0.494 e. The molecule has 0 saturated carbocycles. The van der Waals surface area contributed by atoms with E-state index >= 15 is 0 Å². The zero-order chi connectivity index (χ0) is 26.8. The summed E-state index contributed by atoms with van der Waals surface area (Å²) >= 11 is 5.94. The van der Waals surface area contributed by atoms with E-state index in [0.717, 1.165) is 16.7 Å². The average Bonchev–Trinajstić information content (AvgIpc) is 2.84. The van der Waals surface area contributed by atoms with Crippen molar-refractivity contribution >= 4 is 23.4 Å². The number of carbonyl (C=O) groups excluding carboxylic acids is 2. The summed E-state index contributed by atoms with van der Waals surface area (Å²) in [5.41, 5.74) is 2.69. The van der Waals surface area contributed by atoms with Gasteiger partial charge in [0.05, 0.1) is 6.61 Å². The Labute approximate surface area is 225 Å². The number of benzene rings is 3. The first-order valence-electron chi connectivity index (χ1n) is 12.7. The normalized spacial score (nSPS) is 12.0. The maximum atomic E-state index is 13.7. The molecule has 0 spiro atoms. The lowest BCUT2D eigenvalue weighted by molar-refractivity contribution is -0.142. The summed E-state index contributed by atoms with van der Waals surface area (Å²) in [4.78, 5) is 29.0. The van der Waals surface area contributed by atoms with E-state index < -0.39 is 11.6 Å². The lowest BCUT2D eigenvalue weighted by Crippen LogP contribution is -2.54. The summed E-state index contributed by atoms with van der Waals surface area (Å²) in [5, 5.41) is 3.74. The van der Waals surface area contributed by atoms with Crippen molar-refractivity contribution in [2.75, 3.05) is 6.61 Å². The highest BCUT2D eigenvalue weighted by atomic mass is 35.5. The fraction of sp³-hybridized carbons (Fsp3) is 0.355. The van der Waals surface area contributed by atoms with Crippen LogP contribution in [0.25, 0.3) is 0 Å². The van der Waals surface area contributed by atoms with Crippen LogP contribution in [0.15, 0.2) is 78.9 Å². The Hall–Kier alpha value is -3.31. The van der Waals surface area contributed by atoms with E-state index in [2.05, 4.69) is 11.4 Å². The molecular formula is C31H37ClN2O3. The molecule has 0 bridgehead atoms. The third kappa shape index (κ3) is 9.58. The molecule has 37 heavy (non-hydrogen) atoms. The number of hydrogen-bond donors (Lipinski definition) is 1. The minimum Gasteiger partial charge on any atom is -0.494 e. The van der Waals surface area contributed by atoms with Crippen LogP contribution in [0.4, 0.5) is 0 Å². The van der Waals surface area contributed by atoms with Gasteiger partial charge in [-0.05, 0) is 69.5 Å². The lowest BCUT2D eigenvalue weighted by Gasteiger charge is -2.34. The zero-order valence-electron chi connectivity index (χ0n) is 22.2. The number of halogens is 1. The molecule has 1 N–H and O–H groups in total. The monoisotopic (exact) mass is 520 g/mol. The van der Waals surface area contributed by atoms with Crippen molar-refractivity contribution in [3.05, 3.63) is 101 Å². The van der Waals surface area contributed by atoms with Crippen LogP contribution >= 0.6 is 11.6 Å². The molecule has 1 atom stereocenters. The van der Waals surface area contributed by atoms with Crippen molar-refractivity contribution in [3.63, 3.8) is 0 Å². The third-order valence-electron chi connectivity index (χ3n) is 5.82. The van der Waals surface area contributed by atoms with Gasteiger partial charge in [-0.3, -0.25) is 9.59 Å². The number of rotatable bonds is 11. The number of nitrogens with one attached hydrogen (secondary N) is 1. The molecule has 1 unspecified atom stereocenters. The Balaban J connectivity index is 1.81. The van der Waals surface area contributed by atoms with Crippen LogP contribution in [0, 0.1) is 6.92 Å². The number of ether oxygens (including phenoxy) is 1. The molecule has 196 valence electrons. The van der Waals surface area contributed by atoms with Gasteiger partial charge < -0.3 is 15.0 Å². The summed E-state index contributed by atoms with van der Waals surface area (Å²) in [6.45, 7) is 8.62. The molecule has 2 amide bonds. The predicted octanol–water partition coefficient (Wildman–Crippen LogP) is 6.36. The van der Waals surface area contributed by atoms with Gasteiger partial charge in [-0.2, -0.15) is 0 Å². The molecule has 3 rings (SSSR count). The van der Waals surface area contributed by atoms with Gasteiger partial charge in [-0.25, -0.2) is 0 Å². The number of aryl methyl sites for hydroxylation is 1. The van der Waals surface area contributed by atoms with Gasteiger partial charge in [0, 0.05) is 29.9 Å². The van der Waals surface area contributed by atoms with Crippen LogP contribution in [-0.2, 0) is 22.6 Å². The van der Waals surface area contributed by atoms with Crippen molar-refractivity contribution in [2.45, 2.75) is 65.1 Å². The van der Waals surface area contributed by atoms with E-state index in [9.17, 15) is 9.59 Å². The predicted molar refractivity (Wildman–Crippen MR) is 150 cm³/mol. The molecule has 6 heteroatoms. The summed E-state index contributed by atoms with van der Waals surface area (Å²) in [6, 6.07) is 24.4. The van der Waals surface area contributed by atoms with Gasteiger partial charge in [0.15, 0.2) is 0 Å². The highest BCUT2D eigenvalue weighted by Gasteiger charge is 2.32. The Bertz CT molecular complexity index is 1160. The van der Waals surface area contributed by atoms with Crippen molar-refractivity contribution in [1.29, 1.82) is 0 Å². The summed E-state index contributed by atoms with van der Waals surface area (Å²) < 4.78 is 5.79. The van der Waals surface area contributed by atoms with Crippen molar-refractivity contribution in [2.24, 2.45) is 0 Å². The average molecular weight is 521 g/mol. The summed E-state index contributed by atoms with van der Waals surface area (Å²) in [5.74, 6) is 0.473. The Morgan fingerprint density at radius 2 is 1.62 bits per heavy atom. The van der Waals surface area contributed by atoms with Gasteiger partial charge in [0.2, 0.25) is 11.8 Å². The molecule has 0 aromatic heterocycles. The smallest absolute Gasteiger partial charge is 0.243 e. The first-order chi connectivity index (χ1) is 17.6. The molecule has 0 aliphatic carbocycles. The van der Waals surface area contributed by atoms with E-state index in [-0.39, 0.29) is 18.2 Å². The Kier molecular flexibility index (Phi) is 10.2. The van der Waals surface area contributed by atoms with E-state index in [0.29, 0.717) is 36.8 Å². The van der Waals surface area contributed by atoms with Gasteiger partial charge >= 0.3 is 0 Å². The summed E-state index contributed by atoms with van der Waals surface area (Å²) in [6.07, 6.45) is 1.24. The second kappa shape index (κ2) is 13.3. The lowest BCUT2D eigenvalue weighted by atomic mass is 10.00. The molecule has 0 saturated heterocycles. The van der Waals surface area contributed by atoms with Crippen LogP contribution in [-0.4, -0.2) is 34.9 Å².